The Kier molecular flexibility index (Phi) is 3.84. The molecule has 0 radical (unpaired) electrons. The molecule has 104 valence electrons. The van der Waals surface area contributed by atoms with Gasteiger partial charge in [0.15, 0.2) is 0 Å². The second-order valence-electron chi connectivity index (χ2n) is 4.45. The fourth-order valence-electron chi connectivity index (χ4n) is 1.92. The molecule has 2 rings (SSSR count). The number of carbonyl (C=O) groups excluding carboxylic acids is 1. The van der Waals surface area contributed by atoms with Crippen molar-refractivity contribution in [2.45, 2.75) is 12.8 Å². The van der Waals surface area contributed by atoms with E-state index in [1.165, 1.54) is 37.4 Å². The Morgan fingerprint density at radius 2 is 1.75 bits per heavy atom. The smallest absolute Gasteiger partial charge is 0.335 e. The van der Waals surface area contributed by atoms with Crippen molar-refractivity contribution in [1.29, 1.82) is 0 Å². The fraction of sp³-hybridized carbons (Fsp3) is 0.188. The molecule has 0 fully saturated rings. The van der Waals surface area contributed by atoms with Crippen LogP contribution in [0.3, 0.4) is 0 Å². The first kappa shape index (κ1) is 14.2. The molecule has 2 nitrogen and oxygen atoms in total. The number of ether oxygens (including phenoxy) is 1. The molecule has 0 N–H and O–H groups in total. The quantitative estimate of drug-likeness (QED) is 0.790. The molecule has 2 aromatic rings. The van der Waals surface area contributed by atoms with Gasteiger partial charge in [-0.05, 0) is 18.6 Å². The number of aryl methyl sites for hydroxylation is 1. The summed E-state index contributed by atoms with van der Waals surface area (Å²) >= 11 is 0. The second kappa shape index (κ2) is 5.41. The monoisotopic (exact) mass is 276 g/mol. The minimum Gasteiger partial charge on any atom is -0.496 e. The summed E-state index contributed by atoms with van der Waals surface area (Å²) < 4.78 is 33.6. The highest BCUT2D eigenvalue weighted by atomic mass is 19.3. The summed E-state index contributed by atoms with van der Waals surface area (Å²) in [6, 6.07) is 11.5. The van der Waals surface area contributed by atoms with E-state index in [1.807, 2.05) is 0 Å². The van der Waals surface area contributed by atoms with E-state index < -0.39 is 11.7 Å². The molecule has 0 heterocycles. The van der Waals surface area contributed by atoms with Crippen LogP contribution in [-0.4, -0.2) is 12.9 Å². The van der Waals surface area contributed by atoms with Gasteiger partial charge in [-0.2, -0.15) is 8.78 Å². The fourth-order valence-corrected chi connectivity index (χ4v) is 1.92. The largest absolute Gasteiger partial charge is 0.496 e. The molecule has 20 heavy (non-hydrogen) atoms. The third-order valence-corrected chi connectivity index (χ3v) is 3.09. The van der Waals surface area contributed by atoms with Crippen molar-refractivity contribution in [2.24, 2.45) is 0 Å². The molecule has 0 spiro atoms. The Hall–Kier alpha value is -2.23. The number of hydrogen-bond donors (Lipinski definition) is 0. The molecule has 0 aromatic heterocycles. The molecular formula is C16H14F2O2. The SMILES string of the molecule is COc1cc(C(F)(F)C(=O)c2ccccc2)ccc1C. The minimum atomic E-state index is -3.58. The molecule has 0 aliphatic heterocycles. The lowest BCUT2D eigenvalue weighted by atomic mass is 9.98. The van der Waals surface area contributed by atoms with Gasteiger partial charge in [-0.1, -0.05) is 42.5 Å². The van der Waals surface area contributed by atoms with Crippen LogP contribution >= 0.6 is 0 Å². The maximum absolute atomic E-state index is 14.3. The summed E-state index contributed by atoms with van der Waals surface area (Å²) in [4.78, 5) is 12.0. The highest BCUT2D eigenvalue weighted by molar-refractivity contribution is 6.01. The van der Waals surface area contributed by atoms with E-state index in [4.69, 9.17) is 4.74 Å². The summed E-state index contributed by atoms with van der Waals surface area (Å²) in [5, 5.41) is 0. The van der Waals surface area contributed by atoms with E-state index in [1.54, 1.807) is 25.1 Å². The van der Waals surface area contributed by atoms with Gasteiger partial charge in [0, 0.05) is 11.1 Å². The van der Waals surface area contributed by atoms with Crippen molar-refractivity contribution in [1.82, 2.24) is 0 Å². The van der Waals surface area contributed by atoms with Gasteiger partial charge in [0.05, 0.1) is 7.11 Å². The van der Waals surface area contributed by atoms with Crippen LogP contribution in [0.1, 0.15) is 21.5 Å². The molecule has 0 saturated carbocycles. The Labute approximate surface area is 116 Å². The van der Waals surface area contributed by atoms with E-state index in [-0.39, 0.29) is 11.1 Å². The number of rotatable bonds is 4. The predicted molar refractivity (Wildman–Crippen MR) is 72.4 cm³/mol. The highest BCUT2D eigenvalue weighted by Gasteiger charge is 2.41. The van der Waals surface area contributed by atoms with Gasteiger partial charge in [0.25, 0.3) is 0 Å². The average Bonchev–Trinajstić information content (AvgIpc) is 2.47. The van der Waals surface area contributed by atoms with Crippen molar-refractivity contribution in [3.8, 4) is 5.75 Å². The summed E-state index contributed by atoms with van der Waals surface area (Å²) in [5.74, 6) is -4.46. The molecule has 4 heteroatoms. The zero-order valence-corrected chi connectivity index (χ0v) is 11.2. The number of carbonyl (C=O) groups is 1. The van der Waals surface area contributed by atoms with E-state index in [0.29, 0.717) is 5.75 Å². The van der Waals surface area contributed by atoms with Crippen LogP contribution in [0.2, 0.25) is 0 Å². The number of Topliss-reactive ketones (excluding diaryl/α,β-unsaturated/α-hetero) is 1. The summed E-state index contributed by atoms with van der Waals surface area (Å²) in [6.07, 6.45) is 0. The van der Waals surface area contributed by atoms with Crippen molar-refractivity contribution < 1.29 is 18.3 Å². The van der Waals surface area contributed by atoms with Crippen molar-refractivity contribution in [3.63, 3.8) is 0 Å². The van der Waals surface area contributed by atoms with E-state index in [2.05, 4.69) is 0 Å². The van der Waals surface area contributed by atoms with E-state index in [0.717, 1.165) is 5.56 Å². The van der Waals surface area contributed by atoms with Gasteiger partial charge in [-0.3, -0.25) is 4.79 Å². The standard InChI is InChI=1S/C16H14F2O2/c1-11-8-9-13(10-14(11)20-2)16(17,18)15(19)12-6-4-3-5-7-12/h3-10H,1-2H3. The molecule has 0 bridgehead atoms. The van der Waals surface area contributed by atoms with Gasteiger partial charge in [-0.15, -0.1) is 0 Å². The zero-order chi connectivity index (χ0) is 14.8. The maximum Gasteiger partial charge on any atom is 0.335 e. The molecular weight excluding hydrogens is 262 g/mol. The van der Waals surface area contributed by atoms with Crippen LogP contribution in [0.25, 0.3) is 0 Å². The molecule has 0 saturated heterocycles. The van der Waals surface area contributed by atoms with Gasteiger partial charge in [0.1, 0.15) is 5.75 Å². The molecule has 0 amide bonds. The van der Waals surface area contributed by atoms with Gasteiger partial charge >= 0.3 is 5.92 Å². The number of benzene rings is 2. The van der Waals surface area contributed by atoms with Crippen molar-refractivity contribution >= 4 is 5.78 Å². The molecule has 2 aromatic carbocycles. The lowest BCUT2D eigenvalue weighted by molar-refractivity contribution is 0.00731. The maximum atomic E-state index is 14.3. The van der Waals surface area contributed by atoms with Crippen LogP contribution in [0.4, 0.5) is 8.78 Å². The Balaban J connectivity index is 2.42. The summed E-state index contributed by atoms with van der Waals surface area (Å²) in [7, 11) is 1.41. The highest BCUT2D eigenvalue weighted by Crippen LogP contribution is 2.34. The van der Waals surface area contributed by atoms with Crippen LogP contribution < -0.4 is 4.74 Å². The third-order valence-electron chi connectivity index (χ3n) is 3.09. The Bertz CT molecular complexity index is 622. The summed E-state index contributed by atoms with van der Waals surface area (Å²) in [6.45, 7) is 1.75. The number of hydrogen-bond acceptors (Lipinski definition) is 2. The van der Waals surface area contributed by atoms with Gasteiger partial charge in [-0.25, -0.2) is 0 Å². The number of methoxy groups -OCH3 is 1. The van der Waals surface area contributed by atoms with Crippen LogP contribution in [0.15, 0.2) is 48.5 Å². The van der Waals surface area contributed by atoms with E-state index >= 15 is 0 Å². The Morgan fingerprint density at radius 1 is 1.10 bits per heavy atom. The van der Waals surface area contributed by atoms with Gasteiger partial charge in [0.2, 0.25) is 5.78 Å². The number of halogens is 2. The lowest BCUT2D eigenvalue weighted by Crippen LogP contribution is -2.26. The third kappa shape index (κ3) is 2.54. The van der Waals surface area contributed by atoms with Crippen LogP contribution in [0.5, 0.6) is 5.75 Å². The predicted octanol–water partition coefficient (Wildman–Crippen LogP) is 3.98. The van der Waals surface area contributed by atoms with Crippen LogP contribution in [0, 0.1) is 6.92 Å². The average molecular weight is 276 g/mol. The zero-order valence-electron chi connectivity index (χ0n) is 11.2. The topological polar surface area (TPSA) is 26.3 Å². The number of alkyl halides is 2. The molecule has 0 unspecified atom stereocenters. The van der Waals surface area contributed by atoms with E-state index in [9.17, 15) is 13.6 Å². The normalized spacial score (nSPS) is 11.2. The first-order chi connectivity index (χ1) is 9.46. The first-order valence-corrected chi connectivity index (χ1v) is 6.09. The molecule has 0 aliphatic rings. The molecule has 0 aliphatic carbocycles. The second-order valence-corrected chi connectivity index (χ2v) is 4.45. The van der Waals surface area contributed by atoms with Crippen molar-refractivity contribution in [3.05, 3.63) is 65.2 Å². The lowest BCUT2D eigenvalue weighted by Gasteiger charge is -2.17. The summed E-state index contributed by atoms with van der Waals surface area (Å²) in [5.41, 5.74) is 0.352. The van der Waals surface area contributed by atoms with Gasteiger partial charge < -0.3 is 4.74 Å². The Morgan fingerprint density at radius 3 is 2.35 bits per heavy atom. The van der Waals surface area contributed by atoms with Crippen molar-refractivity contribution in [2.75, 3.05) is 7.11 Å². The number of ketones is 1. The molecule has 0 atom stereocenters. The minimum absolute atomic E-state index is 0.0166. The first-order valence-electron chi connectivity index (χ1n) is 6.09. The van der Waals surface area contributed by atoms with Crippen LogP contribution in [-0.2, 0) is 5.92 Å².